The summed E-state index contributed by atoms with van der Waals surface area (Å²) in [6.07, 6.45) is -1.14. The highest BCUT2D eigenvalue weighted by molar-refractivity contribution is 7.12. The highest BCUT2D eigenvalue weighted by atomic mass is 32.1. The molecule has 0 aliphatic rings. The fourth-order valence-corrected chi connectivity index (χ4v) is 2.21. The SMILES string of the molecule is COC(OC)C(=O)CC(=O)c1sccc1C. The van der Waals surface area contributed by atoms with E-state index in [-0.39, 0.29) is 18.0 Å². The molecule has 0 saturated heterocycles. The van der Waals surface area contributed by atoms with Gasteiger partial charge in [0.25, 0.3) is 0 Å². The highest BCUT2D eigenvalue weighted by Gasteiger charge is 2.22. The van der Waals surface area contributed by atoms with Gasteiger partial charge in [-0.25, -0.2) is 0 Å². The summed E-state index contributed by atoms with van der Waals surface area (Å²) in [6.45, 7) is 1.85. The molecule has 0 saturated carbocycles. The zero-order valence-electron chi connectivity index (χ0n) is 9.48. The molecule has 0 N–H and O–H groups in total. The Labute approximate surface area is 98.2 Å². The highest BCUT2D eigenvalue weighted by Crippen LogP contribution is 2.18. The Morgan fingerprint density at radius 3 is 2.44 bits per heavy atom. The summed E-state index contributed by atoms with van der Waals surface area (Å²) >= 11 is 1.34. The lowest BCUT2D eigenvalue weighted by atomic mass is 10.1. The van der Waals surface area contributed by atoms with Gasteiger partial charge in [-0.1, -0.05) is 0 Å². The number of thiophene rings is 1. The van der Waals surface area contributed by atoms with Crippen LogP contribution in [-0.4, -0.2) is 32.1 Å². The Kier molecular flexibility index (Phi) is 4.79. The van der Waals surface area contributed by atoms with E-state index in [2.05, 4.69) is 0 Å². The van der Waals surface area contributed by atoms with E-state index in [0.29, 0.717) is 4.88 Å². The zero-order chi connectivity index (χ0) is 12.1. The topological polar surface area (TPSA) is 52.6 Å². The fraction of sp³-hybridized carbons (Fsp3) is 0.455. The van der Waals surface area contributed by atoms with E-state index in [0.717, 1.165) is 5.56 Å². The number of aryl methyl sites for hydroxylation is 1. The van der Waals surface area contributed by atoms with Crippen molar-refractivity contribution in [2.24, 2.45) is 0 Å². The Balaban J connectivity index is 2.65. The fourth-order valence-electron chi connectivity index (χ4n) is 1.34. The van der Waals surface area contributed by atoms with E-state index in [9.17, 15) is 9.59 Å². The van der Waals surface area contributed by atoms with Crippen LogP contribution in [0.1, 0.15) is 21.7 Å². The lowest BCUT2D eigenvalue weighted by molar-refractivity contribution is -0.155. The number of hydrogen-bond donors (Lipinski definition) is 0. The van der Waals surface area contributed by atoms with Crippen molar-refractivity contribution in [1.29, 1.82) is 0 Å². The van der Waals surface area contributed by atoms with E-state index in [1.165, 1.54) is 25.6 Å². The first-order valence-corrected chi connectivity index (χ1v) is 5.63. The Bertz CT molecular complexity index is 379. The molecule has 0 amide bonds. The molecule has 0 fully saturated rings. The minimum Gasteiger partial charge on any atom is -0.349 e. The average Bonchev–Trinajstić information content (AvgIpc) is 2.66. The smallest absolute Gasteiger partial charge is 0.217 e. The van der Waals surface area contributed by atoms with Crippen molar-refractivity contribution < 1.29 is 19.1 Å². The van der Waals surface area contributed by atoms with Gasteiger partial charge in [0.1, 0.15) is 0 Å². The summed E-state index contributed by atoms with van der Waals surface area (Å²) in [6, 6.07) is 1.85. The molecule has 1 rings (SSSR count). The monoisotopic (exact) mass is 242 g/mol. The van der Waals surface area contributed by atoms with Crippen LogP contribution < -0.4 is 0 Å². The van der Waals surface area contributed by atoms with Gasteiger partial charge >= 0.3 is 0 Å². The number of rotatable bonds is 6. The molecule has 1 heterocycles. The summed E-state index contributed by atoms with van der Waals surface area (Å²) in [5.74, 6) is -0.542. The van der Waals surface area contributed by atoms with Crippen molar-refractivity contribution in [2.75, 3.05) is 14.2 Å². The van der Waals surface area contributed by atoms with Gasteiger partial charge in [-0.05, 0) is 23.9 Å². The standard InChI is InChI=1S/C11H14O4S/c1-7-4-5-16-10(7)8(12)6-9(13)11(14-2)15-3/h4-5,11H,6H2,1-3H3. The summed E-state index contributed by atoms with van der Waals surface area (Å²) < 4.78 is 9.58. The second-order valence-electron chi connectivity index (χ2n) is 3.30. The largest absolute Gasteiger partial charge is 0.349 e. The van der Waals surface area contributed by atoms with Crippen molar-refractivity contribution in [3.8, 4) is 0 Å². The van der Waals surface area contributed by atoms with Crippen molar-refractivity contribution >= 4 is 22.9 Å². The van der Waals surface area contributed by atoms with Crippen molar-refractivity contribution in [3.63, 3.8) is 0 Å². The molecule has 0 atom stereocenters. The minimum absolute atomic E-state index is 0.184. The normalized spacial score (nSPS) is 10.8. The Morgan fingerprint density at radius 1 is 1.38 bits per heavy atom. The first-order valence-electron chi connectivity index (χ1n) is 4.75. The van der Waals surface area contributed by atoms with E-state index in [4.69, 9.17) is 9.47 Å². The molecule has 0 aliphatic carbocycles. The molecule has 0 aliphatic heterocycles. The number of carbonyl (C=O) groups excluding carboxylic acids is 2. The molecule has 1 aromatic rings. The van der Waals surface area contributed by atoms with Gasteiger partial charge in [-0.3, -0.25) is 9.59 Å². The van der Waals surface area contributed by atoms with Gasteiger partial charge in [-0.15, -0.1) is 11.3 Å². The van der Waals surface area contributed by atoms with Crippen LogP contribution >= 0.6 is 11.3 Å². The van der Waals surface area contributed by atoms with Gasteiger partial charge in [0.15, 0.2) is 11.6 Å². The number of Topliss-reactive ketones (excluding diaryl/α,β-unsaturated/α-hetero) is 2. The van der Waals surface area contributed by atoms with Gasteiger partial charge in [0.05, 0.1) is 11.3 Å². The molecule has 88 valence electrons. The Morgan fingerprint density at radius 2 is 2.00 bits per heavy atom. The molecular formula is C11H14O4S. The third-order valence-electron chi connectivity index (χ3n) is 2.14. The van der Waals surface area contributed by atoms with Crippen LogP contribution in [0.25, 0.3) is 0 Å². The molecule has 0 radical (unpaired) electrons. The number of ketones is 2. The van der Waals surface area contributed by atoms with Gasteiger partial charge in [0.2, 0.25) is 6.29 Å². The first kappa shape index (κ1) is 13.0. The van der Waals surface area contributed by atoms with E-state index in [1.807, 2.05) is 18.4 Å². The molecule has 0 unspecified atom stereocenters. The number of carbonyl (C=O) groups is 2. The number of ether oxygens (including phenoxy) is 2. The molecular weight excluding hydrogens is 228 g/mol. The third-order valence-corrected chi connectivity index (χ3v) is 3.20. The number of hydrogen-bond acceptors (Lipinski definition) is 5. The number of methoxy groups -OCH3 is 2. The van der Waals surface area contributed by atoms with Gasteiger partial charge < -0.3 is 9.47 Å². The molecule has 4 nitrogen and oxygen atoms in total. The van der Waals surface area contributed by atoms with Crippen molar-refractivity contribution in [3.05, 3.63) is 21.9 Å². The van der Waals surface area contributed by atoms with E-state index < -0.39 is 6.29 Å². The van der Waals surface area contributed by atoms with Crippen LogP contribution in [0.4, 0.5) is 0 Å². The summed E-state index contributed by atoms with van der Waals surface area (Å²) in [5, 5.41) is 1.83. The molecule has 0 bridgehead atoms. The van der Waals surface area contributed by atoms with Gasteiger partial charge in [0, 0.05) is 14.2 Å². The lowest BCUT2D eigenvalue weighted by Crippen LogP contribution is -2.26. The predicted octanol–water partition coefficient (Wildman–Crippen LogP) is 1.82. The minimum atomic E-state index is -0.954. The first-order chi connectivity index (χ1) is 7.60. The van der Waals surface area contributed by atoms with Crippen LogP contribution in [0.2, 0.25) is 0 Å². The molecule has 1 aromatic heterocycles. The van der Waals surface area contributed by atoms with Crippen molar-refractivity contribution in [2.45, 2.75) is 19.6 Å². The maximum Gasteiger partial charge on any atom is 0.217 e. The molecule has 5 heteroatoms. The lowest BCUT2D eigenvalue weighted by Gasteiger charge is -2.10. The molecule has 16 heavy (non-hydrogen) atoms. The summed E-state index contributed by atoms with van der Waals surface area (Å²) in [5.41, 5.74) is 0.897. The van der Waals surface area contributed by atoms with Crippen molar-refractivity contribution in [1.82, 2.24) is 0 Å². The van der Waals surface area contributed by atoms with E-state index in [1.54, 1.807) is 0 Å². The van der Waals surface area contributed by atoms with Crippen LogP contribution in [0, 0.1) is 6.92 Å². The third kappa shape index (κ3) is 2.98. The second kappa shape index (κ2) is 5.89. The second-order valence-corrected chi connectivity index (χ2v) is 4.22. The van der Waals surface area contributed by atoms with Crippen LogP contribution in [0.5, 0.6) is 0 Å². The zero-order valence-corrected chi connectivity index (χ0v) is 10.3. The quantitative estimate of drug-likeness (QED) is 0.434. The molecule has 0 aromatic carbocycles. The predicted molar refractivity (Wildman–Crippen MR) is 60.8 cm³/mol. The maximum atomic E-state index is 11.8. The Hall–Kier alpha value is -1.04. The van der Waals surface area contributed by atoms with Crippen LogP contribution in [0.15, 0.2) is 11.4 Å². The maximum absolute atomic E-state index is 11.8. The summed E-state index contributed by atoms with van der Waals surface area (Å²) in [4.78, 5) is 23.9. The van der Waals surface area contributed by atoms with Crippen LogP contribution in [-0.2, 0) is 14.3 Å². The van der Waals surface area contributed by atoms with Gasteiger partial charge in [-0.2, -0.15) is 0 Å². The van der Waals surface area contributed by atoms with Crippen LogP contribution in [0.3, 0.4) is 0 Å². The molecule has 0 spiro atoms. The average molecular weight is 242 g/mol. The van der Waals surface area contributed by atoms with E-state index >= 15 is 0 Å². The summed E-state index contributed by atoms with van der Waals surface area (Å²) in [7, 11) is 2.74.